The number of ether oxygens (including phenoxy) is 1. The second-order valence-electron chi connectivity index (χ2n) is 7.08. The summed E-state index contributed by atoms with van der Waals surface area (Å²) in [5.41, 5.74) is 5.48. The van der Waals surface area contributed by atoms with E-state index in [0.29, 0.717) is 24.5 Å². The van der Waals surface area contributed by atoms with Gasteiger partial charge in [-0.05, 0) is 36.6 Å². The average molecular weight is 401 g/mol. The zero-order valence-corrected chi connectivity index (χ0v) is 16.8. The van der Waals surface area contributed by atoms with Gasteiger partial charge in [0, 0.05) is 35.6 Å². The number of benzene rings is 1. The number of hydrogen-bond donors (Lipinski definition) is 0. The van der Waals surface area contributed by atoms with Crippen molar-refractivity contribution >= 4 is 11.3 Å². The van der Waals surface area contributed by atoms with Gasteiger partial charge in [-0.2, -0.15) is 0 Å². The third-order valence-corrected chi connectivity index (χ3v) is 6.11. The number of thiazole rings is 1. The number of aromatic nitrogens is 3. The Kier molecular flexibility index (Phi) is 4.48. The Morgan fingerprint density at radius 2 is 2.03 bits per heavy atom. The maximum absolute atomic E-state index is 13.3. The van der Waals surface area contributed by atoms with Crippen LogP contribution in [0, 0.1) is 6.92 Å². The molecule has 0 atom stereocenters. The maximum atomic E-state index is 13.3. The molecule has 5 rings (SSSR count). The molecule has 0 saturated carbocycles. The summed E-state index contributed by atoms with van der Waals surface area (Å²) in [6.45, 7) is 2.98. The summed E-state index contributed by atoms with van der Waals surface area (Å²) in [6, 6.07) is 13.9. The molecule has 0 N–H and O–H groups in total. The Hall–Kier alpha value is -3.25. The zero-order chi connectivity index (χ0) is 19.8. The monoisotopic (exact) mass is 401 g/mol. The lowest BCUT2D eigenvalue weighted by molar-refractivity contribution is 0.304. The van der Waals surface area contributed by atoms with Gasteiger partial charge in [0.25, 0.3) is 5.56 Å². The summed E-state index contributed by atoms with van der Waals surface area (Å²) < 4.78 is 8.08. The largest absolute Gasteiger partial charge is 0.487 e. The summed E-state index contributed by atoms with van der Waals surface area (Å²) >= 11 is 1.48. The lowest BCUT2D eigenvalue weighted by Gasteiger charge is -2.24. The van der Waals surface area contributed by atoms with Crippen LogP contribution in [0.15, 0.2) is 65.0 Å². The van der Waals surface area contributed by atoms with Crippen LogP contribution in [-0.4, -0.2) is 14.5 Å². The molecule has 29 heavy (non-hydrogen) atoms. The summed E-state index contributed by atoms with van der Waals surface area (Å²) in [4.78, 5) is 22.1. The van der Waals surface area contributed by atoms with Gasteiger partial charge in [-0.15, -0.1) is 11.3 Å². The number of fused-ring (bicyclic) bond motifs is 3. The van der Waals surface area contributed by atoms with E-state index in [9.17, 15) is 4.79 Å². The molecule has 3 aromatic heterocycles. The Balaban J connectivity index is 1.68. The fourth-order valence-electron chi connectivity index (χ4n) is 3.70. The summed E-state index contributed by atoms with van der Waals surface area (Å²) in [7, 11) is 0. The summed E-state index contributed by atoms with van der Waals surface area (Å²) in [5, 5.41) is 2.69. The lowest BCUT2D eigenvalue weighted by atomic mass is 9.98. The van der Waals surface area contributed by atoms with Crippen LogP contribution in [0.3, 0.4) is 0 Å². The molecule has 6 heteroatoms. The van der Waals surface area contributed by atoms with Gasteiger partial charge < -0.3 is 9.30 Å². The van der Waals surface area contributed by atoms with Crippen molar-refractivity contribution in [3.8, 4) is 27.6 Å². The highest BCUT2D eigenvalue weighted by Crippen LogP contribution is 2.37. The molecule has 0 amide bonds. The smallest absolute Gasteiger partial charge is 0.261 e. The van der Waals surface area contributed by atoms with Crippen molar-refractivity contribution in [2.75, 3.05) is 0 Å². The topological polar surface area (TPSA) is 57.0 Å². The first kappa shape index (κ1) is 17.8. The molecular formula is C23H19N3O2S. The summed E-state index contributed by atoms with van der Waals surface area (Å²) in [6.07, 6.45) is 4.41. The van der Waals surface area contributed by atoms with E-state index in [1.165, 1.54) is 16.9 Å². The first-order chi connectivity index (χ1) is 14.2. The molecule has 1 aliphatic rings. The molecule has 0 bridgehead atoms. The van der Waals surface area contributed by atoms with Gasteiger partial charge in [0.2, 0.25) is 0 Å². The highest BCUT2D eigenvalue weighted by Gasteiger charge is 2.25. The van der Waals surface area contributed by atoms with Gasteiger partial charge in [-0.3, -0.25) is 9.78 Å². The third kappa shape index (κ3) is 3.25. The Bertz CT molecular complexity index is 1240. The highest BCUT2D eigenvalue weighted by atomic mass is 32.1. The first-order valence-electron chi connectivity index (χ1n) is 9.51. The van der Waals surface area contributed by atoms with E-state index < -0.39 is 0 Å². The molecule has 0 unspecified atom stereocenters. The number of rotatable bonds is 4. The molecule has 1 aliphatic heterocycles. The van der Waals surface area contributed by atoms with E-state index >= 15 is 0 Å². The number of aryl methyl sites for hydroxylation is 2. The average Bonchev–Trinajstić information content (AvgIpc) is 3.19. The number of hydrogen-bond acceptors (Lipinski definition) is 5. The molecule has 0 radical (unpaired) electrons. The van der Waals surface area contributed by atoms with Gasteiger partial charge in [-0.1, -0.05) is 30.3 Å². The van der Waals surface area contributed by atoms with Crippen molar-refractivity contribution in [2.24, 2.45) is 0 Å². The van der Waals surface area contributed by atoms with Crippen molar-refractivity contribution in [3.63, 3.8) is 0 Å². The minimum Gasteiger partial charge on any atom is -0.487 e. The first-order valence-corrected chi connectivity index (χ1v) is 10.4. The van der Waals surface area contributed by atoms with Crippen molar-refractivity contribution in [1.29, 1.82) is 0 Å². The minimum absolute atomic E-state index is 0.0316. The standard InChI is InChI=1S/C23H19N3O2S/c1-15-14-29-22(25-15)18-11-20(28-13-16-5-3-2-4-6-16)21-19-12-24-9-7-17(19)8-10-26(21)23(18)27/h2-7,9,11-12,14H,8,10,13H2,1H3. The van der Waals surface area contributed by atoms with Crippen molar-refractivity contribution in [2.45, 2.75) is 26.5 Å². The van der Waals surface area contributed by atoms with Crippen LogP contribution in [0.1, 0.15) is 16.8 Å². The fraction of sp³-hybridized carbons (Fsp3) is 0.174. The molecule has 1 aromatic carbocycles. The Labute approximate surface area is 172 Å². The molecule has 0 spiro atoms. The quantitative estimate of drug-likeness (QED) is 0.506. The van der Waals surface area contributed by atoms with E-state index in [1.807, 2.05) is 65.5 Å². The number of pyridine rings is 2. The van der Waals surface area contributed by atoms with E-state index in [1.54, 1.807) is 6.20 Å². The third-order valence-electron chi connectivity index (χ3n) is 5.11. The maximum Gasteiger partial charge on any atom is 0.261 e. The predicted molar refractivity (Wildman–Crippen MR) is 114 cm³/mol. The van der Waals surface area contributed by atoms with E-state index in [4.69, 9.17) is 4.74 Å². The molecule has 4 heterocycles. The van der Waals surface area contributed by atoms with Crippen LogP contribution in [0.25, 0.3) is 21.8 Å². The van der Waals surface area contributed by atoms with Crippen LogP contribution < -0.4 is 10.3 Å². The van der Waals surface area contributed by atoms with Gasteiger partial charge in [0.1, 0.15) is 17.4 Å². The lowest BCUT2D eigenvalue weighted by Crippen LogP contribution is -2.28. The summed E-state index contributed by atoms with van der Waals surface area (Å²) in [5.74, 6) is 0.685. The van der Waals surface area contributed by atoms with E-state index in [0.717, 1.165) is 33.9 Å². The van der Waals surface area contributed by atoms with Crippen LogP contribution in [-0.2, 0) is 19.6 Å². The van der Waals surface area contributed by atoms with Crippen LogP contribution in [0.5, 0.6) is 5.75 Å². The molecular weight excluding hydrogens is 382 g/mol. The minimum atomic E-state index is -0.0316. The fourth-order valence-corrected chi connectivity index (χ4v) is 4.50. The number of nitrogens with zero attached hydrogens (tertiary/aromatic N) is 3. The van der Waals surface area contributed by atoms with Gasteiger partial charge in [0.05, 0.1) is 11.3 Å². The molecule has 144 valence electrons. The second-order valence-corrected chi connectivity index (χ2v) is 7.94. The molecule has 0 aliphatic carbocycles. The Morgan fingerprint density at radius 3 is 2.83 bits per heavy atom. The van der Waals surface area contributed by atoms with E-state index in [-0.39, 0.29) is 5.56 Å². The van der Waals surface area contributed by atoms with Crippen LogP contribution in [0.2, 0.25) is 0 Å². The zero-order valence-electron chi connectivity index (χ0n) is 16.0. The molecule has 0 saturated heterocycles. The highest BCUT2D eigenvalue weighted by molar-refractivity contribution is 7.13. The molecule has 5 nitrogen and oxygen atoms in total. The SMILES string of the molecule is Cc1csc(-c2cc(OCc3ccccc3)c3n(c2=O)CCc2ccncc2-3)n1. The van der Waals surface area contributed by atoms with E-state index in [2.05, 4.69) is 9.97 Å². The van der Waals surface area contributed by atoms with Crippen molar-refractivity contribution < 1.29 is 4.74 Å². The van der Waals surface area contributed by atoms with Crippen LogP contribution >= 0.6 is 11.3 Å². The van der Waals surface area contributed by atoms with Gasteiger partial charge in [0.15, 0.2) is 0 Å². The van der Waals surface area contributed by atoms with Crippen LogP contribution in [0.4, 0.5) is 0 Å². The van der Waals surface area contributed by atoms with Gasteiger partial charge >= 0.3 is 0 Å². The van der Waals surface area contributed by atoms with Gasteiger partial charge in [-0.25, -0.2) is 4.98 Å². The van der Waals surface area contributed by atoms with Crippen molar-refractivity contribution in [3.05, 3.63) is 87.4 Å². The predicted octanol–water partition coefficient (Wildman–Crippen LogP) is 4.48. The Morgan fingerprint density at radius 1 is 1.17 bits per heavy atom. The molecule has 4 aromatic rings. The molecule has 0 fully saturated rings. The second kappa shape index (κ2) is 7.29. The van der Waals surface area contributed by atoms with Crippen molar-refractivity contribution in [1.82, 2.24) is 14.5 Å². The normalized spacial score (nSPS) is 12.3.